The average Bonchev–Trinajstić information content (AvgIpc) is 2.60. The van der Waals surface area contributed by atoms with Crippen LogP contribution < -0.4 is 10.6 Å². The number of amides is 1. The Labute approximate surface area is 102 Å². The second-order valence-corrected chi connectivity index (χ2v) is 5.60. The van der Waals surface area contributed by atoms with E-state index in [-0.39, 0.29) is 11.4 Å². The van der Waals surface area contributed by atoms with Crippen molar-refractivity contribution < 1.29 is 21.5 Å². The molecule has 2 rings (SSSR count). The highest BCUT2D eigenvalue weighted by molar-refractivity contribution is 7.87. The highest BCUT2D eigenvalue weighted by atomic mass is 32.3. The molecule has 0 spiro atoms. The van der Waals surface area contributed by atoms with E-state index in [0.717, 1.165) is 11.0 Å². The fraction of sp³-hybridized carbons (Fsp3) is 0.300. The zero-order valence-corrected chi connectivity index (χ0v) is 9.95. The number of nitrogen functional groups attached to an aromatic ring is 1. The van der Waals surface area contributed by atoms with Gasteiger partial charge in [-0.2, -0.15) is 8.42 Å². The molecule has 1 heterocycles. The summed E-state index contributed by atoms with van der Waals surface area (Å²) < 4.78 is 47.9. The number of hydrogen-bond donors (Lipinski definition) is 1. The third kappa shape index (κ3) is 2.15. The van der Waals surface area contributed by atoms with Gasteiger partial charge >= 0.3 is 10.2 Å². The van der Waals surface area contributed by atoms with E-state index in [1.54, 1.807) is 0 Å². The molecule has 1 aromatic carbocycles. The fourth-order valence-electron chi connectivity index (χ4n) is 1.90. The Bertz CT molecular complexity index is 583. The number of anilines is 2. The smallest absolute Gasteiger partial charge is 0.307 e. The Hall–Kier alpha value is -1.70. The molecule has 1 atom stereocenters. The summed E-state index contributed by atoms with van der Waals surface area (Å²) in [6, 6.07) is 3.83. The second-order valence-electron chi connectivity index (χ2n) is 3.98. The lowest BCUT2D eigenvalue weighted by atomic mass is 10.2. The summed E-state index contributed by atoms with van der Waals surface area (Å²) in [6.45, 7) is -0.428. The molecule has 1 aliphatic heterocycles. The van der Waals surface area contributed by atoms with E-state index in [0.29, 0.717) is 0 Å². The van der Waals surface area contributed by atoms with Crippen molar-refractivity contribution in [1.29, 1.82) is 0 Å². The van der Waals surface area contributed by atoms with Gasteiger partial charge in [0.05, 0.1) is 5.69 Å². The third-order valence-electron chi connectivity index (χ3n) is 2.78. The number of carbonyl (C=O) groups excluding carboxylic acids is 1. The van der Waals surface area contributed by atoms with E-state index in [4.69, 9.17) is 5.73 Å². The topological polar surface area (TPSA) is 80.5 Å². The maximum atomic E-state index is 13.6. The fourth-order valence-corrected chi connectivity index (χ4v) is 2.57. The number of carbonyl (C=O) groups is 1. The molecule has 0 aromatic heterocycles. The molecule has 18 heavy (non-hydrogen) atoms. The van der Waals surface area contributed by atoms with Crippen LogP contribution in [0.5, 0.6) is 0 Å². The molecule has 0 aliphatic carbocycles. The lowest BCUT2D eigenvalue weighted by Gasteiger charge is -2.18. The van der Waals surface area contributed by atoms with Crippen LogP contribution in [0.1, 0.15) is 6.42 Å². The summed E-state index contributed by atoms with van der Waals surface area (Å²) in [7, 11) is -4.83. The normalized spacial score (nSPS) is 20.4. The standard InChI is InChI=1S/C10H10F2N2O3S/c11-7-2-1-3-8(13)10(7)14-5-6(4-9(14)15)18(12,16)17/h1-3,6H,4-5,13H2. The first kappa shape index (κ1) is 12.7. The van der Waals surface area contributed by atoms with Crippen LogP contribution in [0.2, 0.25) is 0 Å². The molecule has 1 amide bonds. The van der Waals surface area contributed by atoms with Gasteiger partial charge in [0.2, 0.25) is 5.91 Å². The molecule has 0 radical (unpaired) electrons. The Morgan fingerprint density at radius 1 is 1.39 bits per heavy atom. The molecule has 1 saturated heterocycles. The van der Waals surface area contributed by atoms with E-state index in [9.17, 15) is 21.5 Å². The Kier molecular flexibility index (Phi) is 2.97. The largest absolute Gasteiger partial charge is 0.397 e. The monoisotopic (exact) mass is 276 g/mol. The van der Waals surface area contributed by atoms with Crippen LogP contribution in [0.3, 0.4) is 0 Å². The minimum Gasteiger partial charge on any atom is -0.397 e. The minimum absolute atomic E-state index is 0.000237. The van der Waals surface area contributed by atoms with Crippen LogP contribution in [-0.2, 0) is 15.0 Å². The first-order chi connectivity index (χ1) is 8.30. The van der Waals surface area contributed by atoms with Crippen LogP contribution in [-0.4, -0.2) is 26.1 Å². The van der Waals surface area contributed by atoms with Gasteiger partial charge in [0.1, 0.15) is 16.8 Å². The van der Waals surface area contributed by atoms with Gasteiger partial charge in [0.25, 0.3) is 0 Å². The maximum absolute atomic E-state index is 13.6. The van der Waals surface area contributed by atoms with Gasteiger partial charge in [0.15, 0.2) is 0 Å². The lowest BCUT2D eigenvalue weighted by Crippen LogP contribution is -2.28. The zero-order chi connectivity index (χ0) is 13.5. The van der Waals surface area contributed by atoms with Crippen molar-refractivity contribution in [2.75, 3.05) is 17.2 Å². The molecule has 1 aliphatic rings. The molecule has 8 heteroatoms. The molecule has 2 N–H and O–H groups in total. The Morgan fingerprint density at radius 3 is 2.56 bits per heavy atom. The van der Waals surface area contributed by atoms with Crippen LogP contribution in [0.15, 0.2) is 18.2 Å². The molecular weight excluding hydrogens is 266 g/mol. The summed E-state index contributed by atoms with van der Waals surface area (Å²) in [5.41, 5.74) is 5.34. The van der Waals surface area contributed by atoms with Crippen molar-refractivity contribution in [3.8, 4) is 0 Å². The predicted molar refractivity (Wildman–Crippen MR) is 61.6 cm³/mol. The molecular formula is C10H10F2N2O3S. The summed E-state index contributed by atoms with van der Waals surface area (Å²) in [5.74, 6) is -1.42. The van der Waals surface area contributed by atoms with E-state index >= 15 is 0 Å². The van der Waals surface area contributed by atoms with Gasteiger partial charge in [-0.1, -0.05) is 6.07 Å². The summed E-state index contributed by atoms with van der Waals surface area (Å²) >= 11 is 0. The van der Waals surface area contributed by atoms with E-state index < -0.39 is 40.2 Å². The van der Waals surface area contributed by atoms with Crippen molar-refractivity contribution >= 4 is 27.5 Å². The molecule has 1 unspecified atom stereocenters. The first-order valence-electron chi connectivity index (χ1n) is 5.08. The summed E-state index contributed by atoms with van der Waals surface area (Å²) in [5, 5.41) is -1.47. The van der Waals surface area contributed by atoms with Gasteiger partial charge < -0.3 is 10.6 Å². The number of hydrogen-bond acceptors (Lipinski definition) is 4. The molecule has 0 bridgehead atoms. The van der Waals surface area contributed by atoms with Crippen molar-refractivity contribution in [2.45, 2.75) is 11.7 Å². The lowest BCUT2D eigenvalue weighted by molar-refractivity contribution is -0.117. The molecule has 5 nitrogen and oxygen atoms in total. The van der Waals surface area contributed by atoms with E-state index in [1.807, 2.05) is 0 Å². The highest BCUT2D eigenvalue weighted by Crippen LogP contribution is 2.32. The number of para-hydroxylation sites is 1. The van der Waals surface area contributed by atoms with Crippen molar-refractivity contribution in [3.05, 3.63) is 24.0 Å². The number of halogens is 2. The Balaban J connectivity index is 2.39. The number of nitrogens with zero attached hydrogens (tertiary/aromatic N) is 1. The van der Waals surface area contributed by atoms with E-state index in [1.165, 1.54) is 12.1 Å². The van der Waals surface area contributed by atoms with Crippen molar-refractivity contribution in [3.63, 3.8) is 0 Å². The number of benzene rings is 1. The van der Waals surface area contributed by atoms with Gasteiger partial charge in [-0.05, 0) is 12.1 Å². The molecule has 98 valence electrons. The predicted octanol–water partition coefficient (Wildman–Crippen LogP) is 0.813. The summed E-state index contributed by atoms with van der Waals surface area (Å²) in [6.07, 6.45) is -0.507. The SMILES string of the molecule is Nc1cccc(F)c1N1CC(S(=O)(=O)F)CC1=O. The van der Waals surface area contributed by atoms with Gasteiger partial charge in [0, 0.05) is 13.0 Å². The van der Waals surface area contributed by atoms with Gasteiger partial charge in [-0.25, -0.2) is 4.39 Å². The van der Waals surface area contributed by atoms with Crippen molar-refractivity contribution in [1.82, 2.24) is 0 Å². The Morgan fingerprint density at radius 2 is 2.06 bits per heavy atom. The average molecular weight is 276 g/mol. The van der Waals surface area contributed by atoms with Crippen LogP contribution in [0.25, 0.3) is 0 Å². The number of rotatable bonds is 2. The van der Waals surface area contributed by atoms with E-state index in [2.05, 4.69) is 0 Å². The molecule has 0 saturated carbocycles. The quantitative estimate of drug-likeness (QED) is 0.640. The molecule has 1 fully saturated rings. The van der Waals surface area contributed by atoms with Gasteiger partial charge in [-0.15, -0.1) is 3.89 Å². The summed E-state index contributed by atoms with van der Waals surface area (Å²) in [4.78, 5) is 12.5. The van der Waals surface area contributed by atoms with Crippen LogP contribution in [0.4, 0.5) is 19.7 Å². The number of nitrogens with two attached hydrogens (primary N) is 1. The maximum Gasteiger partial charge on any atom is 0.307 e. The minimum atomic E-state index is -4.83. The van der Waals surface area contributed by atoms with Crippen LogP contribution in [0, 0.1) is 5.82 Å². The van der Waals surface area contributed by atoms with Gasteiger partial charge in [-0.3, -0.25) is 4.79 Å². The third-order valence-corrected chi connectivity index (χ3v) is 3.89. The second kappa shape index (κ2) is 4.20. The van der Waals surface area contributed by atoms with Crippen LogP contribution >= 0.6 is 0 Å². The highest BCUT2D eigenvalue weighted by Gasteiger charge is 2.40. The van der Waals surface area contributed by atoms with Crippen molar-refractivity contribution in [2.24, 2.45) is 0 Å². The first-order valence-corrected chi connectivity index (χ1v) is 6.53. The zero-order valence-electron chi connectivity index (χ0n) is 9.14. The molecule has 1 aromatic rings.